The number of rotatable bonds is 10. The van der Waals surface area contributed by atoms with Crippen LogP contribution in [0.25, 0.3) is 0 Å². The van der Waals surface area contributed by atoms with Gasteiger partial charge in [-0.15, -0.1) is 0 Å². The Bertz CT molecular complexity index is 1350. The van der Waals surface area contributed by atoms with Gasteiger partial charge in [0.15, 0.2) is 0 Å². The van der Waals surface area contributed by atoms with Crippen molar-refractivity contribution in [1.29, 1.82) is 0 Å². The Balaban J connectivity index is 1.24. The molecule has 9 nitrogen and oxygen atoms in total. The molecule has 2 heterocycles. The average Bonchev–Trinajstić information content (AvgIpc) is 3.45. The Kier molecular flexibility index (Phi) is 9.59. The third-order valence-electron chi connectivity index (χ3n) is 6.70. The monoisotopic (exact) mass is 603 g/mol. The van der Waals surface area contributed by atoms with Crippen molar-refractivity contribution in [2.75, 3.05) is 39.3 Å². The molecule has 1 atom stereocenters. The Morgan fingerprint density at radius 3 is 2.32 bits per heavy atom. The first kappa shape index (κ1) is 29.1. The zero-order chi connectivity index (χ0) is 27.3. The van der Waals surface area contributed by atoms with Crippen LogP contribution in [-0.2, 0) is 30.6 Å². The van der Waals surface area contributed by atoms with Crippen molar-refractivity contribution in [3.8, 4) is 5.75 Å². The Morgan fingerprint density at radius 2 is 1.63 bits per heavy atom. The Labute approximate surface area is 234 Å². The number of hydrogen-bond donors (Lipinski definition) is 1. The first-order valence-corrected chi connectivity index (χ1v) is 16.3. The van der Waals surface area contributed by atoms with E-state index in [9.17, 15) is 21.6 Å². The standard InChI is InChI=1S/C25H31Cl2N3O6S2/c26-21-6-5-20(24(27)16-21)18-37(32,33)30-14-3-4-19(17-30)25(31)28-11-15-36-22-7-9-23(10-8-22)38(34,35)29-12-1-2-13-29/h5-10,16,19H,1-4,11-15,17-18H2,(H,28,31). The molecule has 2 aliphatic heterocycles. The van der Waals surface area contributed by atoms with E-state index in [-0.39, 0.29) is 41.3 Å². The molecular formula is C25H31Cl2N3O6S2. The summed E-state index contributed by atoms with van der Waals surface area (Å²) in [5.41, 5.74) is 0.460. The molecule has 0 aromatic heterocycles. The van der Waals surface area contributed by atoms with Crippen molar-refractivity contribution in [2.24, 2.45) is 5.92 Å². The summed E-state index contributed by atoms with van der Waals surface area (Å²) in [6, 6.07) is 10.9. The molecule has 4 rings (SSSR count). The second kappa shape index (κ2) is 12.5. The van der Waals surface area contributed by atoms with Crippen molar-refractivity contribution in [1.82, 2.24) is 13.9 Å². The van der Waals surface area contributed by atoms with Crippen LogP contribution in [0.4, 0.5) is 0 Å². The Hall–Kier alpha value is -1.89. The van der Waals surface area contributed by atoms with Crippen LogP contribution in [0.1, 0.15) is 31.2 Å². The van der Waals surface area contributed by atoms with Crippen molar-refractivity contribution < 1.29 is 26.4 Å². The molecule has 2 aromatic carbocycles. The van der Waals surface area contributed by atoms with Crippen molar-refractivity contribution >= 4 is 49.2 Å². The summed E-state index contributed by atoms with van der Waals surface area (Å²) in [5, 5.41) is 3.52. The van der Waals surface area contributed by atoms with Gasteiger partial charge in [0.1, 0.15) is 12.4 Å². The number of hydrogen-bond acceptors (Lipinski definition) is 6. The SMILES string of the molecule is O=C(NCCOc1ccc(S(=O)(=O)N2CCCC2)cc1)C1CCCN(S(=O)(=O)Cc2ccc(Cl)cc2Cl)C1. The summed E-state index contributed by atoms with van der Waals surface area (Å²) >= 11 is 12.1. The number of halogens is 2. The van der Waals surface area contributed by atoms with Crippen LogP contribution < -0.4 is 10.1 Å². The van der Waals surface area contributed by atoms with E-state index in [0.29, 0.717) is 48.8 Å². The first-order valence-electron chi connectivity index (χ1n) is 12.5. The highest BCUT2D eigenvalue weighted by atomic mass is 35.5. The summed E-state index contributed by atoms with van der Waals surface area (Å²) in [4.78, 5) is 12.9. The molecule has 1 amide bonds. The Morgan fingerprint density at radius 1 is 0.947 bits per heavy atom. The third kappa shape index (κ3) is 7.19. The topological polar surface area (TPSA) is 113 Å². The molecule has 0 radical (unpaired) electrons. The second-order valence-electron chi connectivity index (χ2n) is 9.41. The fraction of sp³-hybridized carbons (Fsp3) is 0.480. The predicted molar refractivity (Wildman–Crippen MR) is 146 cm³/mol. The van der Waals surface area contributed by atoms with Gasteiger partial charge < -0.3 is 10.1 Å². The highest BCUT2D eigenvalue weighted by Gasteiger charge is 2.33. The van der Waals surface area contributed by atoms with Crippen LogP contribution in [0.2, 0.25) is 10.0 Å². The van der Waals surface area contributed by atoms with Gasteiger partial charge in [0.05, 0.1) is 23.1 Å². The molecule has 0 spiro atoms. The number of piperidine rings is 1. The van der Waals surface area contributed by atoms with Gasteiger partial charge in [-0.3, -0.25) is 4.79 Å². The van der Waals surface area contributed by atoms with E-state index in [1.807, 2.05) is 0 Å². The molecule has 0 saturated carbocycles. The fourth-order valence-electron chi connectivity index (χ4n) is 4.61. The van der Waals surface area contributed by atoms with Gasteiger partial charge in [-0.25, -0.2) is 21.1 Å². The minimum absolute atomic E-state index is 0.104. The molecule has 13 heteroatoms. The fourth-order valence-corrected chi connectivity index (χ4v) is 8.32. The van der Waals surface area contributed by atoms with E-state index in [0.717, 1.165) is 12.8 Å². The van der Waals surface area contributed by atoms with Crippen LogP contribution in [0.3, 0.4) is 0 Å². The number of nitrogens with zero attached hydrogens (tertiary/aromatic N) is 2. The number of benzene rings is 2. The molecule has 208 valence electrons. The number of carbonyl (C=O) groups excluding carboxylic acids is 1. The number of ether oxygens (including phenoxy) is 1. The molecule has 1 N–H and O–H groups in total. The largest absolute Gasteiger partial charge is 0.492 e. The van der Waals surface area contributed by atoms with E-state index in [2.05, 4.69) is 5.32 Å². The van der Waals surface area contributed by atoms with E-state index < -0.39 is 26.0 Å². The van der Waals surface area contributed by atoms with Gasteiger partial charge in [0.2, 0.25) is 26.0 Å². The highest BCUT2D eigenvalue weighted by molar-refractivity contribution is 7.89. The summed E-state index contributed by atoms with van der Waals surface area (Å²) < 4.78 is 59.7. The van der Waals surface area contributed by atoms with Crippen LogP contribution >= 0.6 is 23.2 Å². The lowest BCUT2D eigenvalue weighted by Crippen LogP contribution is -2.46. The number of amides is 1. The van der Waals surface area contributed by atoms with Gasteiger partial charge in [-0.05, 0) is 67.6 Å². The molecule has 1 unspecified atom stereocenters. The molecular weight excluding hydrogens is 573 g/mol. The molecule has 2 aliphatic rings. The van der Waals surface area contributed by atoms with Gasteiger partial charge in [-0.2, -0.15) is 4.31 Å². The molecule has 0 aliphatic carbocycles. The molecule has 0 bridgehead atoms. The maximum Gasteiger partial charge on any atom is 0.243 e. The van der Waals surface area contributed by atoms with Crippen molar-refractivity contribution in [3.63, 3.8) is 0 Å². The summed E-state index contributed by atoms with van der Waals surface area (Å²) in [6.45, 7) is 1.96. The minimum atomic E-state index is -3.66. The summed E-state index contributed by atoms with van der Waals surface area (Å²) in [7, 11) is -7.14. The third-order valence-corrected chi connectivity index (χ3v) is 11.0. The lowest BCUT2D eigenvalue weighted by molar-refractivity contribution is -0.126. The van der Waals surface area contributed by atoms with Crippen LogP contribution in [-0.4, -0.2) is 70.7 Å². The number of carbonyl (C=O) groups is 1. The zero-order valence-corrected chi connectivity index (χ0v) is 24.0. The van der Waals surface area contributed by atoms with E-state index in [1.165, 1.54) is 26.8 Å². The summed E-state index contributed by atoms with van der Waals surface area (Å²) in [6.07, 6.45) is 2.92. The molecule has 38 heavy (non-hydrogen) atoms. The quantitative estimate of drug-likeness (QED) is 0.416. The van der Waals surface area contributed by atoms with Gasteiger partial charge >= 0.3 is 0 Å². The predicted octanol–water partition coefficient (Wildman–Crippen LogP) is 3.51. The summed E-state index contributed by atoms with van der Waals surface area (Å²) in [5.74, 6) is -0.460. The maximum absolute atomic E-state index is 13.0. The average molecular weight is 605 g/mol. The van der Waals surface area contributed by atoms with E-state index in [4.69, 9.17) is 27.9 Å². The van der Waals surface area contributed by atoms with Crippen molar-refractivity contribution in [2.45, 2.75) is 36.3 Å². The van der Waals surface area contributed by atoms with E-state index in [1.54, 1.807) is 24.3 Å². The first-order chi connectivity index (χ1) is 18.1. The van der Waals surface area contributed by atoms with Crippen LogP contribution in [0.15, 0.2) is 47.4 Å². The normalized spacial score (nSPS) is 19.4. The highest BCUT2D eigenvalue weighted by Crippen LogP contribution is 2.27. The smallest absolute Gasteiger partial charge is 0.243 e. The van der Waals surface area contributed by atoms with Crippen molar-refractivity contribution in [3.05, 3.63) is 58.1 Å². The second-order valence-corrected chi connectivity index (χ2v) is 14.2. The zero-order valence-electron chi connectivity index (χ0n) is 20.8. The molecule has 2 saturated heterocycles. The number of sulfonamides is 2. The van der Waals surface area contributed by atoms with Gasteiger partial charge in [-0.1, -0.05) is 29.3 Å². The van der Waals surface area contributed by atoms with Gasteiger partial charge in [0.25, 0.3) is 0 Å². The lowest BCUT2D eigenvalue weighted by atomic mass is 9.99. The van der Waals surface area contributed by atoms with Gasteiger partial charge in [0, 0.05) is 36.2 Å². The van der Waals surface area contributed by atoms with E-state index >= 15 is 0 Å². The molecule has 2 fully saturated rings. The number of nitrogens with one attached hydrogen (secondary N) is 1. The maximum atomic E-state index is 13.0. The molecule has 2 aromatic rings. The lowest BCUT2D eigenvalue weighted by Gasteiger charge is -2.31. The van der Waals surface area contributed by atoms with Crippen LogP contribution in [0, 0.1) is 5.92 Å². The minimum Gasteiger partial charge on any atom is -0.492 e. The van der Waals surface area contributed by atoms with Crippen LogP contribution in [0.5, 0.6) is 5.75 Å².